The van der Waals surface area contributed by atoms with E-state index in [1.165, 1.54) is 11.2 Å². The highest BCUT2D eigenvalue weighted by atomic mass is 35.5. The Balaban J connectivity index is 1.95. The molecule has 0 aliphatic rings. The number of rotatable bonds is 10. The number of benzene rings is 1. The highest BCUT2D eigenvalue weighted by molar-refractivity contribution is 6.30. The second-order valence-corrected chi connectivity index (χ2v) is 5.87. The van der Waals surface area contributed by atoms with E-state index in [1.807, 2.05) is 0 Å². The third-order valence-corrected chi connectivity index (χ3v) is 3.65. The molecule has 1 N–H and O–H groups in total. The lowest BCUT2D eigenvalue weighted by Gasteiger charge is -2.19. The van der Waals surface area contributed by atoms with Crippen LogP contribution in [0.25, 0.3) is 0 Å². The van der Waals surface area contributed by atoms with Crippen LogP contribution in [-0.4, -0.2) is 41.4 Å². The zero-order valence-corrected chi connectivity index (χ0v) is 15.4. The number of ether oxygens (including phenoxy) is 1. The van der Waals surface area contributed by atoms with Crippen LogP contribution >= 0.6 is 11.6 Å². The highest BCUT2D eigenvalue weighted by Gasteiger charge is 2.18. The Morgan fingerprint density at radius 2 is 2.00 bits per heavy atom. The molecule has 8 heteroatoms. The average molecular weight is 390 g/mol. The Labute approximate surface area is 162 Å². The number of nitrogens with zero attached hydrogens (tertiary/aromatic N) is 2. The number of hydrogen-bond donors (Lipinski definition) is 1. The van der Waals surface area contributed by atoms with Gasteiger partial charge >= 0.3 is 0 Å². The van der Waals surface area contributed by atoms with Crippen molar-refractivity contribution in [3.8, 4) is 5.75 Å². The molecule has 0 unspecified atom stereocenters. The molecule has 0 atom stereocenters. The van der Waals surface area contributed by atoms with Crippen LogP contribution in [0.3, 0.4) is 0 Å². The molecule has 142 valence electrons. The topological polar surface area (TPSA) is 84.7 Å². The molecule has 2 amide bonds. The van der Waals surface area contributed by atoms with Gasteiger partial charge in [-0.25, -0.2) is 4.98 Å². The van der Waals surface area contributed by atoms with Crippen molar-refractivity contribution in [3.05, 3.63) is 72.4 Å². The first kappa shape index (κ1) is 20.3. The maximum atomic E-state index is 12.4. The Morgan fingerprint density at radius 1 is 1.26 bits per heavy atom. The molecule has 7 nitrogen and oxygen atoms in total. The second kappa shape index (κ2) is 10.2. The number of carbonyl (C=O) groups is 2. The van der Waals surface area contributed by atoms with E-state index in [0.29, 0.717) is 17.3 Å². The van der Waals surface area contributed by atoms with Gasteiger partial charge in [0.15, 0.2) is 12.3 Å². The van der Waals surface area contributed by atoms with Crippen molar-refractivity contribution in [1.29, 1.82) is 0 Å². The van der Waals surface area contributed by atoms with Crippen molar-refractivity contribution in [3.63, 3.8) is 0 Å². The molecule has 2 rings (SSSR count). The third kappa shape index (κ3) is 6.31. The van der Waals surface area contributed by atoms with E-state index in [2.05, 4.69) is 23.5 Å². The first-order chi connectivity index (χ1) is 13.0. The summed E-state index contributed by atoms with van der Waals surface area (Å²) in [5, 5.41) is 3.18. The number of oxazole rings is 1. The van der Waals surface area contributed by atoms with Gasteiger partial charge in [0.2, 0.25) is 5.89 Å². The zero-order chi connectivity index (χ0) is 19.6. The predicted molar refractivity (Wildman–Crippen MR) is 102 cm³/mol. The Kier molecular flexibility index (Phi) is 7.63. The molecule has 0 bridgehead atoms. The van der Waals surface area contributed by atoms with Crippen LogP contribution in [0.4, 0.5) is 0 Å². The van der Waals surface area contributed by atoms with E-state index in [1.54, 1.807) is 36.4 Å². The molecule has 0 saturated carbocycles. The van der Waals surface area contributed by atoms with Crippen molar-refractivity contribution >= 4 is 23.4 Å². The fourth-order valence-corrected chi connectivity index (χ4v) is 2.21. The van der Waals surface area contributed by atoms with Crippen molar-refractivity contribution in [2.75, 3.05) is 19.7 Å². The van der Waals surface area contributed by atoms with Crippen LogP contribution < -0.4 is 10.1 Å². The molecule has 27 heavy (non-hydrogen) atoms. The maximum absolute atomic E-state index is 12.4. The van der Waals surface area contributed by atoms with Crippen LogP contribution in [0.5, 0.6) is 5.75 Å². The number of carbonyl (C=O) groups excluding carboxylic acids is 2. The predicted octanol–water partition coefficient (Wildman–Crippen LogP) is 2.84. The summed E-state index contributed by atoms with van der Waals surface area (Å²) in [6.07, 6.45) is 4.39. The molecule has 0 aliphatic carbocycles. The third-order valence-electron chi connectivity index (χ3n) is 3.40. The monoisotopic (exact) mass is 389 g/mol. The smallest absolute Gasteiger partial charge is 0.273 e. The summed E-state index contributed by atoms with van der Waals surface area (Å²) in [6, 6.07) is 6.70. The first-order valence-corrected chi connectivity index (χ1v) is 8.51. The Bertz CT molecular complexity index is 802. The Morgan fingerprint density at radius 3 is 2.67 bits per heavy atom. The number of aromatic nitrogens is 1. The number of hydrogen-bond acceptors (Lipinski definition) is 5. The summed E-state index contributed by atoms with van der Waals surface area (Å²) in [7, 11) is 0. The Hall–Kier alpha value is -3.06. The van der Waals surface area contributed by atoms with Crippen molar-refractivity contribution in [2.45, 2.75) is 6.54 Å². The quantitative estimate of drug-likeness (QED) is 0.631. The van der Waals surface area contributed by atoms with Gasteiger partial charge in [0, 0.05) is 18.1 Å². The summed E-state index contributed by atoms with van der Waals surface area (Å²) >= 11 is 5.82. The first-order valence-electron chi connectivity index (χ1n) is 8.14. The number of halogens is 1. The van der Waals surface area contributed by atoms with Crippen molar-refractivity contribution in [1.82, 2.24) is 15.2 Å². The van der Waals surface area contributed by atoms with Gasteiger partial charge in [-0.1, -0.05) is 23.8 Å². The van der Waals surface area contributed by atoms with Crippen LogP contribution in [-0.2, 0) is 11.3 Å². The minimum Gasteiger partial charge on any atom is -0.484 e. The highest BCUT2D eigenvalue weighted by Crippen LogP contribution is 2.15. The van der Waals surface area contributed by atoms with E-state index in [0.717, 1.165) is 0 Å². The van der Waals surface area contributed by atoms with Crippen molar-refractivity contribution < 1.29 is 18.7 Å². The van der Waals surface area contributed by atoms with Gasteiger partial charge in [0.05, 0.1) is 6.54 Å². The second-order valence-electron chi connectivity index (χ2n) is 5.43. The lowest BCUT2D eigenvalue weighted by atomic mass is 10.3. The van der Waals surface area contributed by atoms with Gasteiger partial charge in [0.1, 0.15) is 12.0 Å². The molecule has 2 aromatic rings. The summed E-state index contributed by atoms with van der Waals surface area (Å²) in [5.74, 6) is 0.113. The van der Waals surface area contributed by atoms with E-state index < -0.39 is 0 Å². The molecular weight excluding hydrogens is 370 g/mol. The molecule has 0 spiro atoms. The van der Waals surface area contributed by atoms with E-state index in [-0.39, 0.29) is 43.1 Å². The van der Waals surface area contributed by atoms with Crippen molar-refractivity contribution in [2.24, 2.45) is 0 Å². The fourth-order valence-electron chi connectivity index (χ4n) is 2.08. The molecule has 0 fully saturated rings. The van der Waals surface area contributed by atoms with Crippen LogP contribution in [0, 0.1) is 0 Å². The summed E-state index contributed by atoms with van der Waals surface area (Å²) < 4.78 is 10.8. The molecule has 1 aromatic carbocycles. The minimum atomic E-state index is -0.377. The standard InChI is InChI=1S/C19H20ClN3O4/c1-3-9-21-19(25)16-12-27-17(22-16)11-23(10-4-2)18(24)13-26-15-7-5-14(20)6-8-15/h3-8,12H,1-2,9-11,13H2,(H,21,25). The van der Waals surface area contributed by atoms with E-state index in [9.17, 15) is 9.59 Å². The fraction of sp³-hybridized carbons (Fsp3) is 0.211. The van der Waals surface area contributed by atoms with Gasteiger partial charge in [-0.2, -0.15) is 0 Å². The molecule has 1 aromatic heterocycles. The van der Waals surface area contributed by atoms with Gasteiger partial charge in [-0.05, 0) is 24.3 Å². The minimum absolute atomic E-state index is 0.0869. The summed E-state index contributed by atoms with van der Waals surface area (Å²) in [5.41, 5.74) is 0.135. The lowest BCUT2D eigenvalue weighted by molar-refractivity contribution is -0.133. The van der Waals surface area contributed by atoms with Gasteiger partial charge in [-0.3, -0.25) is 9.59 Å². The van der Waals surface area contributed by atoms with Crippen LogP contribution in [0.1, 0.15) is 16.4 Å². The van der Waals surface area contributed by atoms with Crippen LogP contribution in [0.15, 0.2) is 60.3 Å². The van der Waals surface area contributed by atoms with Gasteiger partial charge in [-0.15, -0.1) is 13.2 Å². The zero-order valence-electron chi connectivity index (χ0n) is 14.7. The van der Waals surface area contributed by atoms with E-state index in [4.69, 9.17) is 20.8 Å². The molecular formula is C19H20ClN3O4. The van der Waals surface area contributed by atoms with Gasteiger partial charge < -0.3 is 19.4 Å². The average Bonchev–Trinajstić information content (AvgIpc) is 3.14. The summed E-state index contributed by atoms with van der Waals surface area (Å²) in [6.45, 7) is 7.70. The molecule has 1 heterocycles. The SMILES string of the molecule is C=CCNC(=O)c1coc(CN(CC=C)C(=O)COc2ccc(Cl)cc2)n1. The van der Waals surface area contributed by atoms with E-state index >= 15 is 0 Å². The van der Waals surface area contributed by atoms with Gasteiger partial charge in [0.25, 0.3) is 11.8 Å². The van der Waals surface area contributed by atoms with Crippen LogP contribution in [0.2, 0.25) is 5.02 Å². The molecule has 0 saturated heterocycles. The summed E-state index contributed by atoms with van der Waals surface area (Å²) in [4.78, 5) is 29.8. The number of amides is 2. The molecule has 0 radical (unpaired) electrons. The maximum Gasteiger partial charge on any atom is 0.273 e. The number of nitrogens with one attached hydrogen (secondary N) is 1. The largest absolute Gasteiger partial charge is 0.484 e. The molecule has 0 aliphatic heterocycles. The lowest BCUT2D eigenvalue weighted by Crippen LogP contribution is -2.34. The normalized spacial score (nSPS) is 10.1.